The summed E-state index contributed by atoms with van der Waals surface area (Å²) in [6.07, 6.45) is 6.36. The van der Waals surface area contributed by atoms with Gasteiger partial charge in [-0.15, -0.1) is 0 Å². The summed E-state index contributed by atoms with van der Waals surface area (Å²) in [4.78, 5) is 3.30. The number of halogens is 1. The monoisotopic (exact) mass is 294 g/mol. The van der Waals surface area contributed by atoms with Gasteiger partial charge < -0.3 is 9.55 Å². The Labute approximate surface area is 123 Å². The molecule has 0 bridgehead atoms. The minimum atomic E-state index is 0.518. The van der Waals surface area contributed by atoms with E-state index >= 15 is 0 Å². The summed E-state index contributed by atoms with van der Waals surface area (Å²) in [6.45, 7) is 2.35. The van der Waals surface area contributed by atoms with Crippen LogP contribution in [0.1, 0.15) is 45.1 Å². The van der Waals surface area contributed by atoms with Crippen LogP contribution in [0.2, 0.25) is 5.02 Å². The normalized spacial score (nSPS) is 24.5. The zero-order chi connectivity index (χ0) is 13.4. The number of fused-ring (bicyclic) bond motifs is 1. The van der Waals surface area contributed by atoms with Crippen LogP contribution in [0.25, 0.3) is 11.0 Å². The number of benzene rings is 1. The van der Waals surface area contributed by atoms with Crippen LogP contribution in [0.3, 0.4) is 0 Å². The maximum Gasteiger partial charge on any atom is 0.178 e. The van der Waals surface area contributed by atoms with E-state index in [9.17, 15) is 0 Å². The van der Waals surface area contributed by atoms with Crippen LogP contribution < -0.4 is 0 Å². The minimum absolute atomic E-state index is 0.518. The van der Waals surface area contributed by atoms with Gasteiger partial charge in [-0.2, -0.15) is 0 Å². The fourth-order valence-corrected chi connectivity index (χ4v) is 3.71. The molecule has 0 saturated heterocycles. The van der Waals surface area contributed by atoms with Gasteiger partial charge in [0.15, 0.2) is 4.77 Å². The summed E-state index contributed by atoms with van der Waals surface area (Å²) in [5.74, 6) is 0.841. The molecule has 0 aliphatic heterocycles. The summed E-state index contributed by atoms with van der Waals surface area (Å²) >= 11 is 11.6. The van der Waals surface area contributed by atoms with Crippen LogP contribution in [-0.4, -0.2) is 9.55 Å². The number of hydrogen-bond acceptors (Lipinski definition) is 1. The van der Waals surface area contributed by atoms with Crippen LogP contribution in [-0.2, 0) is 0 Å². The Kier molecular flexibility index (Phi) is 3.68. The second kappa shape index (κ2) is 5.29. The Hall–Kier alpha value is -0.800. The molecular formula is C15H19ClN2S. The van der Waals surface area contributed by atoms with E-state index in [0.717, 1.165) is 26.7 Å². The molecule has 2 unspecified atom stereocenters. The van der Waals surface area contributed by atoms with E-state index in [-0.39, 0.29) is 0 Å². The molecule has 4 heteroatoms. The molecule has 1 aliphatic carbocycles. The molecule has 1 aromatic carbocycles. The van der Waals surface area contributed by atoms with E-state index < -0.39 is 0 Å². The largest absolute Gasteiger partial charge is 0.331 e. The number of hydrogen-bond donors (Lipinski definition) is 1. The van der Waals surface area contributed by atoms with Crippen molar-refractivity contribution in [3.63, 3.8) is 0 Å². The van der Waals surface area contributed by atoms with E-state index in [1.54, 1.807) is 0 Å². The summed E-state index contributed by atoms with van der Waals surface area (Å²) in [5, 5.41) is 0.775. The number of H-pyrrole nitrogens is 1. The molecule has 19 heavy (non-hydrogen) atoms. The molecule has 2 atom stereocenters. The number of nitrogens with zero attached hydrogens (tertiary/aromatic N) is 1. The van der Waals surface area contributed by atoms with Gasteiger partial charge in [0, 0.05) is 11.1 Å². The molecular weight excluding hydrogens is 276 g/mol. The predicted molar refractivity (Wildman–Crippen MR) is 83.4 cm³/mol. The van der Waals surface area contributed by atoms with E-state index in [4.69, 9.17) is 23.8 Å². The van der Waals surface area contributed by atoms with Crippen molar-refractivity contribution in [2.75, 3.05) is 0 Å². The molecule has 1 aromatic heterocycles. The van der Waals surface area contributed by atoms with Crippen LogP contribution in [0.4, 0.5) is 0 Å². The van der Waals surface area contributed by atoms with Gasteiger partial charge in [-0.25, -0.2) is 0 Å². The number of aromatic nitrogens is 2. The highest BCUT2D eigenvalue weighted by molar-refractivity contribution is 7.71. The highest BCUT2D eigenvalue weighted by Gasteiger charge is 2.20. The predicted octanol–water partition coefficient (Wildman–Crippen LogP) is 5.49. The first-order valence-electron chi connectivity index (χ1n) is 7.05. The SMILES string of the molecule is CC1CCCC(n2c(=S)[nH]c3ccc(Cl)cc32)CC1. The fraction of sp³-hybridized carbons (Fsp3) is 0.533. The topological polar surface area (TPSA) is 20.7 Å². The molecule has 0 amide bonds. The molecule has 2 aromatic rings. The lowest BCUT2D eigenvalue weighted by molar-refractivity contribution is 0.438. The highest BCUT2D eigenvalue weighted by Crippen LogP contribution is 2.33. The quantitative estimate of drug-likeness (QED) is 0.544. The summed E-state index contributed by atoms with van der Waals surface area (Å²) in [5.41, 5.74) is 2.24. The van der Waals surface area contributed by atoms with Crippen LogP contribution in [0, 0.1) is 10.7 Å². The van der Waals surface area contributed by atoms with Crippen LogP contribution >= 0.6 is 23.8 Å². The number of imidazole rings is 1. The van der Waals surface area contributed by atoms with E-state index in [1.165, 1.54) is 32.1 Å². The van der Waals surface area contributed by atoms with E-state index in [0.29, 0.717) is 6.04 Å². The standard InChI is InChI=1S/C15H19ClN2S/c1-10-3-2-4-12(7-5-10)18-14-9-11(16)6-8-13(14)17-15(18)19/h6,8-10,12H,2-5,7H2,1H3,(H,17,19). The summed E-state index contributed by atoms with van der Waals surface area (Å²) < 4.78 is 3.12. The number of aromatic amines is 1. The fourth-order valence-electron chi connectivity index (χ4n) is 3.18. The molecule has 1 heterocycles. The first-order valence-corrected chi connectivity index (χ1v) is 7.83. The third-order valence-corrected chi connectivity index (χ3v) is 4.81. The van der Waals surface area contributed by atoms with Crippen molar-refractivity contribution in [2.45, 2.75) is 45.1 Å². The first-order chi connectivity index (χ1) is 9.15. The summed E-state index contributed by atoms with van der Waals surface area (Å²) in [6, 6.07) is 6.47. The maximum absolute atomic E-state index is 6.13. The minimum Gasteiger partial charge on any atom is -0.331 e. The third kappa shape index (κ3) is 2.59. The Balaban J connectivity index is 2.06. The van der Waals surface area contributed by atoms with Gasteiger partial charge in [0.2, 0.25) is 0 Å². The molecule has 0 spiro atoms. The third-order valence-electron chi connectivity index (χ3n) is 4.27. The van der Waals surface area contributed by atoms with Gasteiger partial charge >= 0.3 is 0 Å². The molecule has 102 valence electrons. The molecule has 1 aliphatic rings. The van der Waals surface area contributed by atoms with Crippen molar-refractivity contribution in [3.05, 3.63) is 28.0 Å². The molecule has 1 saturated carbocycles. The van der Waals surface area contributed by atoms with Crippen molar-refractivity contribution >= 4 is 34.9 Å². The molecule has 1 fully saturated rings. The Morgan fingerprint density at radius 2 is 2.11 bits per heavy atom. The zero-order valence-electron chi connectivity index (χ0n) is 11.2. The number of rotatable bonds is 1. The molecule has 1 N–H and O–H groups in total. The van der Waals surface area contributed by atoms with Gasteiger partial charge in [0.1, 0.15) is 0 Å². The van der Waals surface area contributed by atoms with Gasteiger partial charge in [-0.3, -0.25) is 0 Å². The second-order valence-electron chi connectivity index (χ2n) is 5.73. The second-order valence-corrected chi connectivity index (χ2v) is 6.55. The Bertz CT molecular complexity index is 643. The Morgan fingerprint density at radius 3 is 2.95 bits per heavy atom. The molecule has 2 nitrogen and oxygen atoms in total. The lowest BCUT2D eigenvalue weighted by Crippen LogP contribution is -2.08. The van der Waals surface area contributed by atoms with Crippen molar-refractivity contribution in [2.24, 2.45) is 5.92 Å². The van der Waals surface area contributed by atoms with Crippen molar-refractivity contribution in [1.82, 2.24) is 9.55 Å². The first kappa shape index (κ1) is 13.2. The van der Waals surface area contributed by atoms with E-state index in [2.05, 4.69) is 16.5 Å². The average Bonchev–Trinajstić information content (AvgIpc) is 2.55. The van der Waals surface area contributed by atoms with Crippen molar-refractivity contribution < 1.29 is 0 Å². The average molecular weight is 295 g/mol. The Morgan fingerprint density at radius 1 is 1.26 bits per heavy atom. The maximum atomic E-state index is 6.13. The van der Waals surface area contributed by atoms with Crippen LogP contribution in [0.5, 0.6) is 0 Å². The summed E-state index contributed by atoms with van der Waals surface area (Å²) in [7, 11) is 0. The molecule has 0 radical (unpaired) electrons. The lowest BCUT2D eigenvalue weighted by Gasteiger charge is -2.17. The lowest BCUT2D eigenvalue weighted by atomic mass is 10.0. The van der Waals surface area contributed by atoms with E-state index in [1.807, 2.05) is 18.2 Å². The smallest absolute Gasteiger partial charge is 0.178 e. The zero-order valence-corrected chi connectivity index (χ0v) is 12.7. The van der Waals surface area contributed by atoms with Crippen molar-refractivity contribution in [1.29, 1.82) is 0 Å². The van der Waals surface area contributed by atoms with Gasteiger partial charge in [-0.05, 0) is 55.6 Å². The van der Waals surface area contributed by atoms with Crippen LogP contribution in [0.15, 0.2) is 18.2 Å². The highest BCUT2D eigenvalue weighted by atomic mass is 35.5. The van der Waals surface area contributed by atoms with Crippen molar-refractivity contribution in [3.8, 4) is 0 Å². The van der Waals surface area contributed by atoms with Gasteiger partial charge in [0.05, 0.1) is 11.0 Å². The number of nitrogens with one attached hydrogen (secondary N) is 1. The van der Waals surface area contributed by atoms with Gasteiger partial charge in [0.25, 0.3) is 0 Å². The van der Waals surface area contributed by atoms with Gasteiger partial charge in [-0.1, -0.05) is 31.4 Å². The molecule has 3 rings (SSSR count).